The molecule has 1 aromatic rings. The Morgan fingerprint density at radius 3 is 2.25 bits per heavy atom. The number of likely N-dealkylation sites (N-methyl/N-ethyl adjacent to an activating group) is 1. The first-order chi connectivity index (χ1) is 11.4. The van der Waals surface area contributed by atoms with Gasteiger partial charge in [-0.25, -0.2) is 4.79 Å². The van der Waals surface area contributed by atoms with Crippen LogP contribution in [0.4, 0.5) is 4.79 Å². The number of ketones is 1. The van der Waals surface area contributed by atoms with E-state index in [0.717, 1.165) is 4.90 Å². The molecular formula is C16H19N3O4S. The predicted octanol–water partition coefficient (Wildman–Crippen LogP) is 1.45. The van der Waals surface area contributed by atoms with Gasteiger partial charge in [-0.2, -0.15) is 0 Å². The average Bonchev–Trinajstić information content (AvgIpc) is 3.16. The number of imide groups is 1. The molecule has 0 aliphatic carbocycles. The van der Waals surface area contributed by atoms with Crippen LogP contribution in [0.25, 0.3) is 0 Å². The SMILES string of the molecule is CC(=O)c1ccc(C(=O)N2CCC(N3CC(=O)N(C)C3=O)CC2)s1. The van der Waals surface area contributed by atoms with Crippen molar-refractivity contribution in [2.24, 2.45) is 0 Å². The second-order valence-corrected chi connectivity index (χ2v) is 7.19. The van der Waals surface area contributed by atoms with Crippen LogP contribution in [0.15, 0.2) is 12.1 Å². The summed E-state index contributed by atoms with van der Waals surface area (Å²) in [4.78, 5) is 53.2. The number of hydrogen-bond acceptors (Lipinski definition) is 5. The molecule has 0 N–H and O–H groups in total. The maximum absolute atomic E-state index is 12.5. The number of nitrogens with zero attached hydrogens (tertiary/aromatic N) is 3. The van der Waals surface area contributed by atoms with E-state index in [-0.39, 0.29) is 36.2 Å². The van der Waals surface area contributed by atoms with Crippen LogP contribution in [-0.2, 0) is 4.79 Å². The number of urea groups is 1. The van der Waals surface area contributed by atoms with Crippen molar-refractivity contribution in [2.45, 2.75) is 25.8 Å². The van der Waals surface area contributed by atoms with E-state index >= 15 is 0 Å². The Morgan fingerprint density at radius 2 is 1.75 bits per heavy atom. The average molecular weight is 349 g/mol. The lowest BCUT2D eigenvalue weighted by atomic mass is 10.0. The van der Waals surface area contributed by atoms with Crippen LogP contribution in [0.1, 0.15) is 39.1 Å². The highest BCUT2D eigenvalue weighted by Crippen LogP contribution is 2.24. The zero-order valence-corrected chi connectivity index (χ0v) is 14.5. The fraction of sp³-hybridized carbons (Fsp3) is 0.500. The van der Waals surface area contributed by atoms with Gasteiger partial charge in [0.1, 0.15) is 6.54 Å². The van der Waals surface area contributed by atoms with Gasteiger partial charge >= 0.3 is 6.03 Å². The highest BCUT2D eigenvalue weighted by molar-refractivity contribution is 7.15. The number of rotatable bonds is 3. The molecule has 0 unspecified atom stereocenters. The molecule has 4 amide bonds. The molecule has 8 heteroatoms. The van der Waals surface area contributed by atoms with E-state index in [1.54, 1.807) is 21.9 Å². The molecule has 0 spiro atoms. The van der Waals surface area contributed by atoms with Crippen LogP contribution in [0.2, 0.25) is 0 Å². The van der Waals surface area contributed by atoms with Crippen LogP contribution in [0.3, 0.4) is 0 Å². The Kier molecular flexibility index (Phi) is 4.40. The summed E-state index contributed by atoms with van der Waals surface area (Å²) in [5, 5.41) is 0. The van der Waals surface area contributed by atoms with Gasteiger partial charge in [-0.3, -0.25) is 19.3 Å². The van der Waals surface area contributed by atoms with E-state index in [2.05, 4.69) is 0 Å². The molecule has 7 nitrogen and oxygen atoms in total. The first-order valence-electron chi connectivity index (χ1n) is 7.85. The van der Waals surface area contributed by atoms with Crippen molar-refractivity contribution in [2.75, 3.05) is 26.7 Å². The zero-order chi connectivity index (χ0) is 17.4. The molecule has 2 aliphatic rings. The number of amides is 4. The minimum atomic E-state index is -0.255. The van der Waals surface area contributed by atoms with E-state index in [1.807, 2.05) is 0 Å². The minimum Gasteiger partial charge on any atom is -0.338 e. The largest absolute Gasteiger partial charge is 0.338 e. The van der Waals surface area contributed by atoms with Gasteiger partial charge in [0.25, 0.3) is 5.91 Å². The van der Waals surface area contributed by atoms with Gasteiger partial charge in [-0.15, -0.1) is 11.3 Å². The number of thiophene rings is 1. The van der Waals surface area contributed by atoms with Crippen molar-refractivity contribution in [3.05, 3.63) is 21.9 Å². The van der Waals surface area contributed by atoms with Crippen molar-refractivity contribution in [3.8, 4) is 0 Å². The van der Waals surface area contributed by atoms with Crippen molar-refractivity contribution in [1.82, 2.24) is 14.7 Å². The lowest BCUT2D eigenvalue weighted by Gasteiger charge is -2.35. The quantitative estimate of drug-likeness (QED) is 0.611. The number of carbonyl (C=O) groups excluding carboxylic acids is 4. The number of likely N-dealkylation sites (tertiary alicyclic amines) is 1. The third kappa shape index (κ3) is 2.93. The fourth-order valence-electron chi connectivity index (χ4n) is 3.08. The third-order valence-corrected chi connectivity index (χ3v) is 5.74. The van der Waals surface area contributed by atoms with Crippen LogP contribution in [-0.4, -0.2) is 71.1 Å². The highest BCUT2D eigenvalue weighted by atomic mass is 32.1. The van der Waals surface area contributed by atoms with Gasteiger partial charge in [-0.1, -0.05) is 0 Å². The standard InChI is InChI=1S/C16H19N3O4S/c1-10(20)12-3-4-13(24-12)15(22)18-7-5-11(6-8-18)19-9-14(21)17(2)16(19)23/h3-4,11H,5-9H2,1-2H3. The van der Waals surface area contributed by atoms with E-state index in [1.165, 1.54) is 25.3 Å². The molecule has 128 valence electrons. The second kappa shape index (κ2) is 6.35. The van der Waals surface area contributed by atoms with E-state index < -0.39 is 0 Å². The molecule has 0 bridgehead atoms. The normalized spacial score (nSPS) is 19.3. The Morgan fingerprint density at radius 1 is 1.12 bits per heavy atom. The maximum atomic E-state index is 12.5. The van der Waals surface area contributed by atoms with E-state index in [0.29, 0.717) is 35.7 Å². The molecule has 2 saturated heterocycles. The van der Waals surface area contributed by atoms with Crippen molar-refractivity contribution < 1.29 is 19.2 Å². The highest BCUT2D eigenvalue weighted by Gasteiger charge is 2.39. The summed E-state index contributed by atoms with van der Waals surface area (Å²) in [5.41, 5.74) is 0. The zero-order valence-electron chi connectivity index (χ0n) is 13.7. The summed E-state index contributed by atoms with van der Waals surface area (Å²) in [7, 11) is 1.49. The smallest absolute Gasteiger partial charge is 0.327 e. The molecule has 1 aromatic heterocycles. The van der Waals surface area contributed by atoms with Crippen molar-refractivity contribution >= 4 is 35.0 Å². The number of piperidine rings is 1. The molecule has 3 rings (SSSR count). The molecule has 0 radical (unpaired) electrons. The maximum Gasteiger partial charge on any atom is 0.327 e. The van der Waals surface area contributed by atoms with Gasteiger partial charge < -0.3 is 9.80 Å². The Hall–Kier alpha value is -2.22. The summed E-state index contributed by atoms with van der Waals surface area (Å²) in [6.45, 7) is 2.69. The van der Waals surface area contributed by atoms with Crippen LogP contribution >= 0.6 is 11.3 Å². The monoisotopic (exact) mass is 349 g/mol. The Labute approximate surface area is 143 Å². The van der Waals surface area contributed by atoms with E-state index in [4.69, 9.17) is 0 Å². The molecular weight excluding hydrogens is 330 g/mol. The van der Waals surface area contributed by atoms with Crippen LogP contribution < -0.4 is 0 Å². The second-order valence-electron chi connectivity index (χ2n) is 6.11. The molecule has 2 fully saturated rings. The van der Waals surface area contributed by atoms with Crippen molar-refractivity contribution in [3.63, 3.8) is 0 Å². The molecule has 2 aliphatic heterocycles. The van der Waals surface area contributed by atoms with Crippen LogP contribution in [0, 0.1) is 0 Å². The molecule has 0 saturated carbocycles. The molecule has 3 heterocycles. The first-order valence-corrected chi connectivity index (χ1v) is 8.67. The lowest BCUT2D eigenvalue weighted by Crippen LogP contribution is -2.47. The molecule has 24 heavy (non-hydrogen) atoms. The number of hydrogen-bond donors (Lipinski definition) is 0. The van der Waals surface area contributed by atoms with E-state index in [9.17, 15) is 19.2 Å². The number of Topliss-reactive ketones (excluding diaryl/α,β-unsaturated/α-hetero) is 1. The summed E-state index contributed by atoms with van der Waals surface area (Å²) >= 11 is 1.21. The number of carbonyl (C=O) groups is 4. The van der Waals surface area contributed by atoms with Gasteiger partial charge in [0.05, 0.1) is 9.75 Å². The van der Waals surface area contributed by atoms with Gasteiger partial charge in [0, 0.05) is 26.2 Å². The summed E-state index contributed by atoms with van der Waals surface area (Å²) < 4.78 is 0. The third-order valence-electron chi connectivity index (χ3n) is 4.57. The molecule has 0 atom stereocenters. The van der Waals surface area contributed by atoms with Gasteiger partial charge in [0.2, 0.25) is 5.91 Å². The Bertz CT molecular complexity index is 706. The van der Waals surface area contributed by atoms with Crippen LogP contribution in [0.5, 0.6) is 0 Å². The Balaban J connectivity index is 1.60. The summed E-state index contributed by atoms with van der Waals surface area (Å²) in [6.07, 6.45) is 1.31. The fourth-order valence-corrected chi connectivity index (χ4v) is 3.95. The minimum absolute atomic E-state index is 0.00781. The summed E-state index contributed by atoms with van der Waals surface area (Å²) in [6, 6.07) is 3.10. The predicted molar refractivity (Wildman–Crippen MR) is 88.1 cm³/mol. The van der Waals surface area contributed by atoms with Gasteiger partial charge in [-0.05, 0) is 31.9 Å². The first kappa shape index (κ1) is 16.6. The van der Waals surface area contributed by atoms with Gasteiger partial charge in [0.15, 0.2) is 5.78 Å². The molecule has 0 aromatic carbocycles. The van der Waals surface area contributed by atoms with Crippen molar-refractivity contribution in [1.29, 1.82) is 0 Å². The topological polar surface area (TPSA) is 78.0 Å². The lowest BCUT2D eigenvalue weighted by molar-refractivity contribution is -0.124. The summed E-state index contributed by atoms with van der Waals surface area (Å²) in [5.74, 6) is -0.306.